The lowest BCUT2D eigenvalue weighted by Crippen LogP contribution is -2.21. The molecule has 20 heavy (non-hydrogen) atoms. The topological polar surface area (TPSA) is 21.3 Å². The molecule has 3 rings (SSSR count). The van der Waals surface area contributed by atoms with Gasteiger partial charge in [-0.1, -0.05) is 19.1 Å². The van der Waals surface area contributed by atoms with Crippen LogP contribution in [0.2, 0.25) is 0 Å². The zero-order valence-corrected chi connectivity index (χ0v) is 13.8. The van der Waals surface area contributed by atoms with Crippen molar-refractivity contribution in [3.63, 3.8) is 0 Å². The second kappa shape index (κ2) is 6.29. The van der Waals surface area contributed by atoms with Crippen LogP contribution in [-0.2, 0) is 0 Å². The van der Waals surface area contributed by atoms with Crippen LogP contribution in [0.25, 0.3) is 0 Å². The number of thiophene rings is 1. The molecule has 0 bridgehead atoms. The molecule has 2 aromatic rings. The molecule has 0 saturated heterocycles. The fourth-order valence-electron chi connectivity index (χ4n) is 2.21. The summed E-state index contributed by atoms with van der Waals surface area (Å²) in [5.41, 5.74) is 1.26. The predicted octanol–water partition coefficient (Wildman–Crippen LogP) is 4.75. The van der Waals surface area contributed by atoms with Gasteiger partial charge in [0.25, 0.3) is 0 Å². The van der Waals surface area contributed by atoms with Gasteiger partial charge in [0.15, 0.2) is 0 Å². The number of halogens is 1. The van der Waals surface area contributed by atoms with Gasteiger partial charge in [0, 0.05) is 14.7 Å². The van der Waals surface area contributed by atoms with Crippen LogP contribution < -0.4 is 10.1 Å². The zero-order chi connectivity index (χ0) is 13.9. The number of hydrogen-bond acceptors (Lipinski definition) is 3. The van der Waals surface area contributed by atoms with Crippen LogP contribution >= 0.6 is 27.3 Å². The minimum atomic E-state index is 0.235. The Hall–Kier alpha value is -0.840. The fourth-order valence-corrected chi connectivity index (χ4v) is 3.76. The molecule has 1 aromatic carbocycles. The first-order valence-electron chi connectivity index (χ1n) is 7.00. The van der Waals surface area contributed by atoms with Crippen LogP contribution in [-0.4, -0.2) is 12.6 Å². The SMILES string of the molecule is CCNC(c1cccc(OC2CC2)c1)c1cc(Br)cs1. The highest BCUT2D eigenvalue weighted by Gasteiger charge is 2.24. The number of nitrogens with one attached hydrogen (secondary N) is 1. The Kier molecular flexibility index (Phi) is 4.44. The maximum Gasteiger partial charge on any atom is 0.120 e. The van der Waals surface area contributed by atoms with Crippen molar-refractivity contribution in [1.29, 1.82) is 0 Å². The third-order valence-electron chi connectivity index (χ3n) is 3.30. The van der Waals surface area contributed by atoms with Crippen LogP contribution in [0.3, 0.4) is 0 Å². The Morgan fingerprint density at radius 1 is 1.40 bits per heavy atom. The molecule has 1 fully saturated rings. The quantitative estimate of drug-likeness (QED) is 0.810. The number of rotatable bonds is 6. The summed E-state index contributed by atoms with van der Waals surface area (Å²) >= 11 is 5.31. The van der Waals surface area contributed by atoms with Gasteiger partial charge in [0.2, 0.25) is 0 Å². The maximum atomic E-state index is 5.90. The molecule has 1 unspecified atom stereocenters. The van der Waals surface area contributed by atoms with Crippen LogP contribution in [0, 0.1) is 0 Å². The smallest absolute Gasteiger partial charge is 0.120 e. The lowest BCUT2D eigenvalue weighted by Gasteiger charge is -2.18. The van der Waals surface area contributed by atoms with E-state index in [1.807, 2.05) is 0 Å². The summed E-state index contributed by atoms with van der Waals surface area (Å²) in [5, 5.41) is 5.69. The van der Waals surface area contributed by atoms with E-state index in [9.17, 15) is 0 Å². The summed E-state index contributed by atoms with van der Waals surface area (Å²) < 4.78 is 7.05. The van der Waals surface area contributed by atoms with Crippen LogP contribution in [0.15, 0.2) is 40.2 Å². The molecular formula is C16H18BrNOS. The van der Waals surface area contributed by atoms with E-state index < -0.39 is 0 Å². The van der Waals surface area contributed by atoms with Gasteiger partial charge >= 0.3 is 0 Å². The second-order valence-corrected chi connectivity index (χ2v) is 6.91. The van der Waals surface area contributed by atoms with Gasteiger partial charge in [-0.2, -0.15) is 0 Å². The summed E-state index contributed by atoms with van der Waals surface area (Å²) in [6.45, 7) is 3.08. The molecule has 1 heterocycles. The summed E-state index contributed by atoms with van der Waals surface area (Å²) in [6, 6.07) is 10.9. The van der Waals surface area contributed by atoms with Crippen molar-refractivity contribution in [2.45, 2.75) is 31.9 Å². The van der Waals surface area contributed by atoms with Gasteiger partial charge in [0.1, 0.15) is 5.75 Å². The highest BCUT2D eigenvalue weighted by Crippen LogP contribution is 2.33. The van der Waals surface area contributed by atoms with Gasteiger partial charge < -0.3 is 10.1 Å². The predicted molar refractivity (Wildman–Crippen MR) is 87.6 cm³/mol. The summed E-state index contributed by atoms with van der Waals surface area (Å²) in [7, 11) is 0. The van der Waals surface area contributed by atoms with Crippen molar-refractivity contribution in [3.8, 4) is 5.75 Å². The molecule has 1 aliphatic carbocycles. The van der Waals surface area contributed by atoms with Crippen molar-refractivity contribution >= 4 is 27.3 Å². The molecule has 1 aromatic heterocycles. The lowest BCUT2D eigenvalue weighted by atomic mass is 10.1. The van der Waals surface area contributed by atoms with Crippen LogP contribution in [0.5, 0.6) is 5.75 Å². The minimum absolute atomic E-state index is 0.235. The number of ether oxygens (including phenoxy) is 1. The van der Waals surface area contributed by atoms with Crippen LogP contribution in [0.1, 0.15) is 36.2 Å². The molecule has 0 aliphatic heterocycles. The average Bonchev–Trinajstić information content (AvgIpc) is 3.16. The number of hydrogen-bond donors (Lipinski definition) is 1. The Balaban J connectivity index is 1.86. The first-order chi connectivity index (χ1) is 9.76. The Labute approximate surface area is 132 Å². The van der Waals surface area contributed by atoms with Crippen molar-refractivity contribution in [1.82, 2.24) is 5.32 Å². The molecule has 1 saturated carbocycles. The summed E-state index contributed by atoms with van der Waals surface area (Å²) in [5.74, 6) is 0.989. The average molecular weight is 352 g/mol. The Morgan fingerprint density at radius 2 is 2.25 bits per heavy atom. The van der Waals surface area contributed by atoms with Crippen molar-refractivity contribution in [2.75, 3.05) is 6.54 Å². The van der Waals surface area contributed by atoms with E-state index in [1.165, 1.54) is 23.3 Å². The number of benzene rings is 1. The van der Waals surface area contributed by atoms with Crippen LogP contribution in [0.4, 0.5) is 0 Å². The molecule has 1 atom stereocenters. The second-order valence-electron chi connectivity index (χ2n) is 5.05. The van der Waals surface area contributed by atoms with Gasteiger partial charge in [-0.05, 0) is 59.1 Å². The molecule has 1 N–H and O–H groups in total. The standard InChI is InChI=1S/C16H18BrNOS/c1-2-18-16(15-9-12(17)10-20-15)11-4-3-5-14(8-11)19-13-6-7-13/h3-5,8-10,13,16,18H,2,6-7H2,1H3. The highest BCUT2D eigenvalue weighted by molar-refractivity contribution is 9.10. The molecule has 4 heteroatoms. The third kappa shape index (κ3) is 3.43. The van der Waals surface area contributed by atoms with E-state index in [1.54, 1.807) is 11.3 Å². The van der Waals surface area contributed by atoms with E-state index in [0.717, 1.165) is 16.8 Å². The Bertz CT molecular complexity index is 579. The Morgan fingerprint density at radius 3 is 2.90 bits per heavy atom. The van der Waals surface area contributed by atoms with Gasteiger partial charge in [0.05, 0.1) is 12.1 Å². The molecule has 106 valence electrons. The monoisotopic (exact) mass is 351 g/mol. The van der Waals surface area contributed by atoms with Gasteiger partial charge in [-0.3, -0.25) is 0 Å². The summed E-state index contributed by atoms with van der Waals surface area (Å²) in [6.07, 6.45) is 2.83. The molecule has 2 nitrogen and oxygen atoms in total. The minimum Gasteiger partial charge on any atom is -0.490 e. The van der Waals surface area contributed by atoms with Gasteiger partial charge in [-0.15, -0.1) is 11.3 Å². The van der Waals surface area contributed by atoms with E-state index >= 15 is 0 Å². The van der Waals surface area contributed by atoms with E-state index in [0.29, 0.717) is 6.10 Å². The molecule has 0 radical (unpaired) electrons. The van der Waals surface area contributed by atoms with Crippen molar-refractivity contribution in [2.24, 2.45) is 0 Å². The first-order valence-corrected chi connectivity index (χ1v) is 8.67. The molecule has 0 amide bonds. The van der Waals surface area contributed by atoms with Crippen molar-refractivity contribution < 1.29 is 4.74 Å². The lowest BCUT2D eigenvalue weighted by molar-refractivity contribution is 0.302. The van der Waals surface area contributed by atoms with E-state index in [4.69, 9.17) is 4.74 Å². The summed E-state index contributed by atoms with van der Waals surface area (Å²) in [4.78, 5) is 1.32. The highest BCUT2D eigenvalue weighted by atomic mass is 79.9. The zero-order valence-electron chi connectivity index (χ0n) is 11.4. The molecule has 1 aliphatic rings. The maximum absolute atomic E-state index is 5.90. The van der Waals surface area contributed by atoms with Gasteiger partial charge in [-0.25, -0.2) is 0 Å². The van der Waals surface area contributed by atoms with E-state index in [-0.39, 0.29) is 6.04 Å². The largest absolute Gasteiger partial charge is 0.490 e. The normalized spacial score (nSPS) is 16.1. The fraction of sp³-hybridized carbons (Fsp3) is 0.375. The van der Waals surface area contributed by atoms with Crippen molar-refractivity contribution in [3.05, 3.63) is 50.6 Å². The first kappa shape index (κ1) is 14.1. The molecular weight excluding hydrogens is 334 g/mol. The van der Waals surface area contributed by atoms with E-state index in [2.05, 4.69) is 63.9 Å². The molecule has 0 spiro atoms. The third-order valence-corrected chi connectivity index (χ3v) is 5.06.